The van der Waals surface area contributed by atoms with Crippen molar-refractivity contribution < 1.29 is 54.9 Å². The summed E-state index contributed by atoms with van der Waals surface area (Å²) in [5.41, 5.74) is 4.78. The van der Waals surface area contributed by atoms with Crippen LogP contribution in [-0.2, 0) is 44.3 Å². The van der Waals surface area contributed by atoms with E-state index in [4.69, 9.17) is 18.9 Å². The number of morpholine rings is 2. The quantitative estimate of drug-likeness (QED) is 0.0632. The van der Waals surface area contributed by atoms with E-state index in [9.17, 15) is 35.9 Å². The molecule has 24 heteroatoms. The monoisotopic (exact) mass is 1060 g/mol. The highest BCUT2D eigenvalue weighted by molar-refractivity contribution is 5.95. The molecule has 4 aliphatic heterocycles. The fourth-order valence-electron chi connectivity index (χ4n) is 8.53. The zero-order chi connectivity index (χ0) is 54.0. The van der Waals surface area contributed by atoms with Crippen LogP contribution in [-0.4, -0.2) is 98.6 Å². The Morgan fingerprint density at radius 2 is 0.961 bits per heavy atom. The Morgan fingerprint density at radius 1 is 0.539 bits per heavy atom. The summed E-state index contributed by atoms with van der Waals surface area (Å²) in [6, 6.07) is 21.0. The lowest BCUT2D eigenvalue weighted by atomic mass is 10.0. The van der Waals surface area contributed by atoms with Crippen molar-refractivity contribution in [1.29, 1.82) is 0 Å². The topological polar surface area (TPSA) is 201 Å². The minimum absolute atomic E-state index is 0.0146. The number of methoxy groups -OCH3 is 2. The van der Waals surface area contributed by atoms with Crippen molar-refractivity contribution in [2.45, 2.75) is 51.9 Å². The molecule has 0 saturated carbocycles. The van der Waals surface area contributed by atoms with Gasteiger partial charge in [-0.15, -0.1) is 0 Å². The van der Waals surface area contributed by atoms with Gasteiger partial charge in [0.1, 0.15) is 34.3 Å². The third kappa shape index (κ3) is 13.4. The summed E-state index contributed by atoms with van der Waals surface area (Å²) in [5.74, 6) is -0.115. The summed E-state index contributed by atoms with van der Waals surface area (Å²) >= 11 is 0. The summed E-state index contributed by atoms with van der Waals surface area (Å²) in [6.45, 7) is 9.41. The van der Waals surface area contributed by atoms with Gasteiger partial charge in [0, 0.05) is 97.7 Å². The normalized spacial score (nSPS) is 15.2. The molecule has 2 aromatic heterocycles. The molecule has 402 valence electrons. The number of nitrogens with one attached hydrogen (secondary N) is 6. The first-order valence-corrected chi connectivity index (χ1v) is 24.4. The van der Waals surface area contributed by atoms with Crippen LogP contribution in [0.1, 0.15) is 48.9 Å². The Labute approximate surface area is 433 Å². The van der Waals surface area contributed by atoms with Gasteiger partial charge in [0.25, 0.3) is 0 Å². The molecule has 10 rings (SSSR count). The molecule has 2 fully saturated rings. The van der Waals surface area contributed by atoms with Gasteiger partial charge in [0.05, 0.1) is 52.0 Å². The summed E-state index contributed by atoms with van der Waals surface area (Å²) in [6.07, 6.45) is -6.11. The third-order valence-electron chi connectivity index (χ3n) is 12.3. The summed E-state index contributed by atoms with van der Waals surface area (Å²) in [4.78, 5) is 43.5. The van der Waals surface area contributed by atoms with Crippen molar-refractivity contribution in [3.05, 3.63) is 107 Å². The average Bonchev–Trinajstić information content (AvgIpc) is 3.44. The summed E-state index contributed by atoms with van der Waals surface area (Å²) in [7, 11) is 2.97. The number of amides is 2. The van der Waals surface area contributed by atoms with E-state index in [0.717, 1.165) is 48.0 Å². The maximum absolute atomic E-state index is 13.8. The molecule has 76 heavy (non-hydrogen) atoms. The first-order valence-electron chi connectivity index (χ1n) is 24.4. The molecule has 6 aromatic rings. The second kappa shape index (κ2) is 24.0. The SMILES string of the molecule is CC.COc1cc(N2CCOCC2)ccc1Nc1nc(Nc2ccc3c(c2)CCC(=O)N3)ncc1C(F)(F)F.COc1cc(N2CCOCC2)ccc1Nc1ncc(C(F)(F)F)c(Nc2ccc3c(c2)CCC(=O)N3)n1. The number of aryl methyl sites for hydroxylation is 2. The second-order valence-corrected chi connectivity index (χ2v) is 17.2. The number of benzene rings is 4. The van der Waals surface area contributed by atoms with Crippen LogP contribution in [0.25, 0.3) is 0 Å². The molecule has 0 radical (unpaired) electrons. The van der Waals surface area contributed by atoms with Crippen LogP contribution in [0, 0.1) is 0 Å². The van der Waals surface area contributed by atoms with Crippen LogP contribution in [0.4, 0.5) is 95.4 Å². The molecule has 0 atom stereocenters. The summed E-state index contributed by atoms with van der Waals surface area (Å²) in [5, 5.41) is 17.0. The minimum atomic E-state index is -4.67. The number of hydrogen-bond acceptors (Lipinski definition) is 16. The van der Waals surface area contributed by atoms with E-state index in [-0.39, 0.29) is 23.7 Å². The molecule has 0 aliphatic carbocycles. The molecule has 0 unspecified atom stereocenters. The second-order valence-electron chi connectivity index (χ2n) is 17.2. The van der Waals surface area contributed by atoms with Crippen LogP contribution in [0.15, 0.2) is 85.2 Å². The number of carbonyl (C=O) groups is 2. The maximum Gasteiger partial charge on any atom is 0.421 e. The molecule has 2 saturated heterocycles. The van der Waals surface area contributed by atoms with Gasteiger partial charge in [-0.1, -0.05) is 13.8 Å². The zero-order valence-electron chi connectivity index (χ0n) is 42.0. The van der Waals surface area contributed by atoms with E-state index in [2.05, 4.69) is 61.6 Å². The predicted molar refractivity (Wildman–Crippen MR) is 277 cm³/mol. The van der Waals surface area contributed by atoms with Crippen LogP contribution in [0.2, 0.25) is 0 Å². The van der Waals surface area contributed by atoms with E-state index < -0.39 is 35.1 Å². The summed E-state index contributed by atoms with van der Waals surface area (Å²) < 4.78 is 104. The molecule has 18 nitrogen and oxygen atoms in total. The van der Waals surface area contributed by atoms with Crippen molar-refractivity contribution in [2.24, 2.45) is 0 Å². The highest BCUT2D eigenvalue weighted by Gasteiger charge is 2.37. The number of aromatic nitrogens is 4. The van der Waals surface area contributed by atoms with E-state index in [1.165, 1.54) is 14.2 Å². The van der Waals surface area contributed by atoms with Gasteiger partial charge < -0.3 is 60.6 Å². The van der Waals surface area contributed by atoms with Crippen LogP contribution >= 0.6 is 0 Å². The van der Waals surface area contributed by atoms with Gasteiger partial charge in [0.15, 0.2) is 0 Å². The van der Waals surface area contributed by atoms with Crippen LogP contribution < -0.4 is 51.2 Å². The number of rotatable bonds is 12. The molecule has 0 spiro atoms. The van der Waals surface area contributed by atoms with Crippen molar-refractivity contribution in [3.8, 4) is 11.5 Å². The van der Waals surface area contributed by atoms with Crippen molar-refractivity contribution in [1.82, 2.24) is 19.9 Å². The number of nitrogens with zero attached hydrogens (tertiary/aromatic N) is 6. The lowest BCUT2D eigenvalue weighted by molar-refractivity contribution is -0.138. The number of hydrogen-bond donors (Lipinski definition) is 6. The minimum Gasteiger partial charge on any atom is -0.494 e. The molecule has 4 aliphatic rings. The Kier molecular flexibility index (Phi) is 17.1. The highest BCUT2D eigenvalue weighted by atomic mass is 19.4. The Balaban J connectivity index is 0.000000195. The van der Waals surface area contributed by atoms with Gasteiger partial charge in [-0.05, 0) is 84.6 Å². The van der Waals surface area contributed by atoms with Gasteiger partial charge in [-0.2, -0.15) is 36.3 Å². The third-order valence-corrected chi connectivity index (χ3v) is 12.3. The molecular weight excluding hydrogens is 1000 g/mol. The van der Waals surface area contributed by atoms with Gasteiger partial charge in [0.2, 0.25) is 23.7 Å². The standard InChI is InChI=1S/2C25H25F3N6O3.C2H6/c1-36-21-13-17(34-8-10-37-11-9-34)4-6-20(21)32-23-18(25(26,27)28)14-29-24(33-23)30-16-3-5-19-15(12-16)2-7-22(35)31-19;1-36-21-13-17(34-8-10-37-11-9-34)4-6-20(21)32-24-29-14-18(25(26,27)28)23(33-24)30-16-3-5-19-15(12-16)2-7-22(35)31-19;1-2/h2*3-6,12-14H,2,7-11H2,1H3,(H,31,35)(H2,29,30,32,33);1-2H3. The molecular formula is C52H56F6N12O6. The van der Waals surface area contributed by atoms with Crippen molar-refractivity contribution in [2.75, 3.05) is 109 Å². The number of carbonyl (C=O) groups excluding carboxylic acids is 2. The maximum atomic E-state index is 13.8. The number of halogens is 6. The Hall–Kier alpha value is -8.12. The molecule has 4 aromatic carbocycles. The van der Waals surface area contributed by atoms with Crippen molar-refractivity contribution in [3.63, 3.8) is 0 Å². The van der Waals surface area contributed by atoms with Crippen LogP contribution in [0.5, 0.6) is 11.5 Å². The average molecular weight is 1060 g/mol. The number of alkyl halides is 6. The fourth-order valence-corrected chi connectivity index (χ4v) is 8.53. The number of fused-ring (bicyclic) bond motifs is 2. The first-order chi connectivity index (χ1) is 36.6. The van der Waals surface area contributed by atoms with Gasteiger partial charge in [-0.25, -0.2) is 9.97 Å². The molecule has 0 bridgehead atoms. The zero-order valence-corrected chi connectivity index (χ0v) is 42.0. The van der Waals surface area contributed by atoms with Gasteiger partial charge in [-0.3, -0.25) is 9.59 Å². The van der Waals surface area contributed by atoms with E-state index >= 15 is 0 Å². The van der Waals surface area contributed by atoms with Crippen molar-refractivity contribution >= 4 is 80.8 Å². The fraction of sp³-hybridized carbons (Fsp3) is 0.346. The molecule has 6 N–H and O–H groups in total. The van der Waals surface area contributed by atoms with Gasteiger partial charge >= 0.3 is 12.4 Å². The van der Waals surface area contributed by atoms with E-state index in [0.29, 0.717) is 111 Å². The lowest BCUT2D eigenvalue weighted by Crippen LogP contribution is -2.36. The first kappa shape index (κ1) is 54.2. The highest BCUT2D eigenvalue weighted by Crippen LogP contribution is 2.40. The number of anilines is 12. The Morgan fingerprint density at radius 3 is 1.41 bits per heavy atom. The largest absolute Gasteiger partial charge is 0.494 e. The smallest absolute Gasteiger partial charge is 0.421 e. The molecule has 2 amide bonds. The molecule has 6 heterocycles. The van der Waals surface area contributed by atoms with Crippen LogP contribution in [0.3, 0.4) is 0 Å². The lowest BCUT2D eigenvalue weighted by Gasteiger charge is -2.29. The predicted octanol–water partition coefficient (Wildman–Crippen LogP) is 10.5. The van der Waals surface area contributed by atoms with E-state index in [1.54, 1.807) is 48.5 Å². The van der Waals surface area contributed by atoms with E-state index in [1.807, 2.05) is 38.1 Å². The Bertz CT molecular complexity index is 3020. The number of ether oxygens (including phenoxy) is 4.